The zero-order chi connectivity index (χ0) is 20.1. The number of nitro groups is 1. The SMILES string of the molecule is CCN1C(=O)C2(CC2)c2cc(C(NS(=O)[O-])c3cccc([N+](=O)[O-])c3)ccc21. The molecule has 2 atom stereocenters. The van der Waals surface area contributed by atoms with E-state index < -0.39 is 27.6 Å². The standard InChI is InChI=1S/C19H19N3O5S/c1-2-21-16-7-6-13(11-15(16)19(8-9-19)18(21)23)17(20-28(26)27)12-4-3-5-14(10-12)22(24)25/h3-7,10-11,17,20H,2,8-9H2,1H3,(H,26,27)/p-1. The van der Waals surface area contributed by atoms with E-state index in [0.717, 1.165) is 24.1 Å². The first kappa shape index (κ1) is 18.7. The van der Waals surface area contributed by atoms with E-state index in [0.29, 0.717) is 17.7 Å². The van der Waals surface area contributed by atoms with Crippen molar-refractivity contribution >= 4 is 28.5 Å². The molecule has 1 fully saturated rings. The third-order valence-electron chi connectivity index (χ3n) is 5.51. The van der Waals surface area contributed by atoms with E-state index in [9.17, 15) is 23.7 Å². The second-order valence-electron chi connectivity index (χ2n) is 7.05. The molecule has 1 spiro atoms. The number of hydrogen-bond acceptors (Lipinski definition) is 5. The van der Waals surface area contributed by atoms with Crippen LogP contribution in [0.4, 0.5) is 11.4 Å². The summed E-state index contributed by atoms with van der Waals surface area (Å²) in [7, 11) is 0. The van der Waals surface area contributed by atoms with Gasteiger partial charge in [-0.1, -0.05) is 24.3 Å². The Hall–Kier alpha value is -2.62. The Morgan fingerprint density at radius 3 is 2.57 bits per heavy atom. The van der Waals surface area contributed by atoms with Crippen LogP contribution in [0.25, 0.3) is 0 Å². The number of anilines is 1. The Morgan fingerprint density at radius 2 is 1.96 bits per heavy atom. The average molecular weight is 400 g/mol. The molecule has 4 rings (SSSR count). The van der Waals surface area contributed by atoms with Crippen LogP contribution in [0.15, 0.2) is 42.5 Å². The zero-order valence-corrected chi connectivity index (χ0v) is 15.9. The highest BCUT2D eigenvalue weighted by Crippen LogP contribution is 2.57. The van der Waals surface area contributed by atoms with E-state index in [2.05, 4.69) is 4.72 Å². The van der Waals surface area contributed by atoms with Gasteiger partial charge in [0.2, 0.25) is 5.91 Å². The summed E-state index contributed by atoms with van der Waals surface area (Å²) in [4.78, 5) is 25.1. The lowest BCUT2D eigenvalue weighted by atomic mass is 9.92. The number of nitro benzene ring substituents is 1. The number of hydrogen-bond donors (Lipinski definition) is 1. The molecule has 1 N–H and O–H groups in total. The van der Waals surface area contributed by atoms with Gasteiger partial charge < -0.3 is 9.45 Å². The number of nitrogens with zero attached hydrogens (tertiary/aromatic N) is 2. The molecule has 0 saturated heterocycles. The Labute approximate surface area is 164 Å². The minimum Gasteiger partial charge on any atom is -0.760 e. The molecule has 0 radical (unpaired) electrons. The summed E-state index contributed by atoms with van der Waals surface area (Å²) in [6.07, 6.45) is 1.56. The molecule has 2 aromatic rings. The molecule has 8 nitrogen and oxygen atoms in total. The normalized spacial score (nSPS) is 18.8. The van der Waals surface area contributed by atoms with Crippen LogP contribution >= 0.6 is 0 Å². The van der Waals surface area contributed by atoms with Gasteiger partial charge in [-0.05, 0) is 42.5 Å². The van der Waals surface area contributed by atoms with Crippen LogP contribution in [0.1, 0.15) is 42.5 Å². The monoisotopic (exact) mass is 400 g/mol. The largest absolute Gasteiger partial charge is 0.760 e. The number of carbonyl (C=O) groups excluding carboxylic acids is 1. The highest BCUT2D eigenvalue weighted by molar-refractivity contribution is 7.77. The van der Waals surface area contributed by atoms with Crippen LogP contribution in [0, 0.1) is 10.1 Å². The van der Waals surface area contributed by atoms with Gasteiger partial charge in [0.15, 0.2) is 0 Å². The molecule has 0 bridgehead atoms. The van der Waals surface area contributed by atoms with Gasteiger partial charge in [0.05, 0.1) is 16.4 Å². The number of non-ortho nitro benzene ring substituents is 1. The third-order valence-corrected chi connectivity index (χ3v) is 5.94. The Morgan fingerprint density at radius 1 is 1.25 bits per heavy atom. The first-order valence-electron chi connectivity index (χ1n) is 8.93. The number of benzene rings is 2. The molecule has 9 heteroatoms. The van der Waals surface area contributed by atoms with Crippen LogP contribution in [0.3, 0.4) is 0 Å². The Kier molecular flexibility index (Phi) is 4.53. The van der Waals surface area contributed by atoms with Gasteiger partial charge >= 0.3 is 0 Å². The predicted octanol–water partition coefficient (Wildman–Crippen LogP) is 2.47. The molecule has 1 aliphatic heterocycles. The van der Waals surface area contributed by atoms with Crippen molar-refractivity contribution in [3.8, 4) is 0 Å². The number of likely N-dealkylation sites (N-methyl/N-ethyl adjacent to an activating group) is 1. The zero-order valence-electron chi connectivity index (χ0n) is 15.1. The molecule has 28 heavy (non-hydrogen) atoms. The maximum Gasteiger partial charge on any atom is 0.269 e. The van der Waals surface area contributed by atoms with Crippen molar-refractivity contribution in [1.82, 2.24) is 4.72 Å². The minimum atomic E-state index is -2.58. The van der Waals surface area contributed by atoms with Gasteiger partial charge in [-0.3, -0.25) is 19.1 Å². The fourth-order valence-corrected chi connectivity index (χ4v) is 4.46. The van der Waals surface area contributed by atoms with Gasteiger partial charge in [-0.2, -0.15) is 0 Å². The number of rotatable bonds is 6. The Bertz CT molecular complexity index is 1000. The van der Waals surface area contributed by atoms with Crippen LogP contribution in [-0.2, 0) is 21.5 Å². The maximum atomic E-state index is 12.8. The number of carbonyl (C=O) groups is 1. The molecule has 1 amide bonds. The van der Waals surface area contributed by atoms with Gasteiger partial charge in [0, 0.05) is 35.6 Å². The van der Waals surface area contributed by atoms with Gasteiger partial charge in [-0.15, -0.1) is 0 Å². The highest BCUT2D eigenvalue weighted by atomic mass is 32.2. The van der Waals surface area contributed by atoms with E-state index in [1.807, 2.05) is 19.1 Å². The molecule has 146 valence electrons. The van der Waals surface area contributed by atoms with E-state index in [4.69, 9.17) is 0 Å². The lowest BCUT2D eigenvalue weighted by Crippen LogP contribution is -2.31. The smallest absolute Gasteiger partial charge is 0.269 e. The van der Waals surface area contributed by atoms with E-state index in [1.165, 1.54) is 18.2 Å². The van der Waals surface area contributed by atoms with Gasteiger partial charge in [0.1, 0.15) is 0 Å². The summed E-state index contributed by atoms with van der Waals surface area (Å²) >= 11 is -2.58. The van der Waals surface area contributed by atoms with Gasteiger partial charge in [-0.25, -0.2) is 4.72 Å². The molecule has 0 aromatic heterocycles. The highest BCUT2D eigenvalue weighted by Gasteiger charge is 2.58. The first-order valence-corrected chi connectivity index (χ1v) is 10.0. The number of nitrogens with one attached hydrogen (secondary N) is 1. The lowest BCUT2D eigenvalue weighted by molar-refractivity contribution is -0.384. The molecular weight excluding hydrogens is 382 g/mol. The molecule has 2 aliphatic rings. The molecule has 1 saturated carbocycles. The van der Waals surface area contributed by atoms with Crippen LogP contribution in [0.5, 0.6) is 0 Å². The fourth-order valence-electron chi connectivity index (χ4n) is 4.00. The van der Waals surface area contributed by atoms with Crippen molar-refractivity contribution < 1.29 is 18.5 Å². The third kappa shape index (κ3) is 2.92. The van der Waals surface area contributed by atoms with Crippen molar-refractivity contribution in [2.75, 3.05) is 11.4 Å². The van der Waals surface area contributed by atoms with Crippen LogP contribution < -0.4 is 9.62 Å². The fraction of sp³-hybridized carbons (Fsp3) is 0.316. The summed E-state index contributed by atoms with van der Waals surface area (Å²) < 4.78 is 25.2. The van der Waals surface area contributed by atoms with E-state index in [1.54, 1.807) is 17.0 Å². The van der Waals surface area contributed by atoms with Gasteiger partial charge in [0.25, 0.3) is 5.69 Å². The van der Waals surface area contributed by atoms with Crippen molar-refractivity contribution in [2.24, 2.45) is 0 Å². The lowest BCUT2D eigenvalue weighted by Gasteiger charge is -2.22. The van der Waals surface area contributed by atoms with Crippen LogP contribution in [-0.4, -0.2) is 26.1 Å². The predicted molar refractivity (Wildman–Crippen MR) is 102 cm³/mol. The van der Waals surface area contributed by atoms with Crippen molar-refractivity contribution in [3.05, 3.63) is 69.3 Å². The van der Waals surface area contributed by atoms with Crippen molar-refractivity contribution in [2.45, 2.75) is 31.2 Å². The average Bonchev–Trinajstić information content (AvgIpc) is 3.44. The quantitative estimate of drug-likeness (QED) is 0.454. The first-order chi connectivity index (χ1) is 13.4. The summed E-state index contributed by atoms with van der Waals surface area (Å²) in [5.41, 5.74) is 2.25. The summed E-state index contributed by atoms with van der Waals surface area (Å²) in [5.74, 6) is 0.0920. The van der Waals surface area contributed by atoms with Crippen molar-refractivity contribution in [3.63, 3.8) is 0 Å². The Balaban J connectivity index is 1.80. The number of amides is 1. The second kappa shape index (κ2) is 6.77. The maximum absolute atomic E-state index is 12.8. The minimum absolute atomic E-state index is 0.0920. The van der Waals surface area contributed by atoms with E-state index >= 15 is 0 Å². The second-order valence-corrected chi connectivity index (χ2v) is 7.75. The van der Waals surface area contributed by atoms with Crippen LogP contribution in [0.2, 0.25) is 0 Å². The van der Waals surface area contributed by atoms with E-state index in [-0.39, 0.29) is 11.6 Å². The molecule has 1 aliphatic carbocycles. The summed E-state index contributed by atoms with van der Waals surface area (Å²) in [6, 6.07) is 10.5. The summed E-state index contributed by atoms with van der Waals surface area (Å²) in [6.45, 7) is 2.50. The molecule has 2 aromatic carbocycles. The number of fused-ring (bicyclic) bond motifs is 2. The summed E-state index contributed by atoms with van der Waals surface area (Å²) in [5, 5.41) is 11.1. The van der Waals surface area contributed by atoms with Crippen molar-refractivity contribution in [1.29, 1.82) is 0 Å². The molecular formula is C19H18N3O5S-. The topological polar surface area (TPSA) is 116 Å². The molecule has 2 unspecified atom stereocenters. The molecule has 1 heterocycles.